The number of rotatable bonds is 10. The third kappa shape index (κ3) is 7.00. The third-order valence-electron chi connectivity index (χ3n) is 7.52. The first-order valence-electron chi connectivity index (χ1n) is 14.1. The van der Waals surface area contributed by atoms with Gasteiger partial charge in [0.2, 0.25) is 0 Å². The molecule has 0 aliphatic carbocycles. The number of nitrogens with zero attached hydrogens (tertiary/aromatic N) is 2. The van der Waals surface area contributed by atoms with E-state index in [1.165, 1.54) is 18.3 Å². The van der Waals surface area contributed by atoms with Crippen molar-refractivity contribution in [2.75, 3.05) is 4.72 Å². The summed E-state index contributed by atoms with van der Waals surface area (Å²) in [5.74, 6) is -1.11. The maximum atomic E-state index is 13.7. The van der Waals surface area contributed by atoms with Crippen molar-refractivity contribution in [1.82, 2.24) is 4.98 Å². The highest BCUT2D eigenvalue weighted by molar-refractivity contribution is 7.92. The molecule has 4 rings (SSSR count). The predicted molar refractivity (Wildman–Crippen MR) is 161 cm³/mol. The minimum atomic E-state index is -4.04. The van der Waals surface area contributed by atoms with Crippen LogP contribution in [-0.2, 0) is 26.0 Å². The number of aliphatic hydroxyl groups excluding tert-OH is 1. The Bertz CT molecular complexity index is 1600. The molecule has 0 saturated heterocycles. The van der Waals surface area contributed by atoms with Crippen molar-refractivity contribution in [2.24, 2.45) is 5.41 Å². The second kappa shape index (κ2) is 12.4. The summed E-state index contributed by atoms with van der Waals surface area (Å²) in [6.45, 7) is 7.93. The normalized spacial score (nSPS) is 18.2. The van der Waals surface area contributed by atoms with Gasteiger partial charge in [0.15, 0.2) is 5.03 Å². The number of sulfonamides is 1. The van der Waals surface area contributed by atoms with Crippen LogP contribution in [0.4, 0.5) is 5.69 Å². The minimum Gasteiger partial charge on any atom is -0.512 e. The van der Waals surface area contributed by atoms with E-state index in [-0.39, 0.29) is 34.0 Å². The Balaban J connectivity index is 1.66. The molecule has 2 N–H and O–H groups in total. The summed E-state index contributed by atoms with van der Waals surface area (Å²) in [6, 6.07) is 21.3. The average Bonchev–Trinajstić information content (AvgIpc) is 2.94. The van der Waals surface area contributed by atoms with Crippen LogP contribution in [0.3, 0.4) is 0 Å². The number of nitriles is 1. The number of carbonyl (C=O) groups excluding carboxylic acids is 1. The van der Waals surface area contributed by atoms with Crippen molar-refractivity contribution in [3.8, 4) is 6.07 Å². The summed E-state index contributed by atoms with van der Waals surface area (Å²) >= 11 is 0. The van der Waals surface area contributed by atoms with Gasteiger partial charge in [-0.2, -0.15) is 13.7 Å². The highest BCUT2D eigenvalue weighted by atomic mass is 32.2. The predicted octanol–water partition coefficient (Wildman–Crippen LogP) is 6.81. The van der Waals surface area contributed by atoms with Crippen molar-refractivity contribution >= 4 is 21.7 Å². The average molecular weight is 588 g/mol. The fourth-order valence-corrected chi connectivity index (χ4v) is 6.64. The van der Waals surface area contributed by atoms with Gasteiger partial charge in [-0.1, -0.05) is 76.6 Å². The van der Waals surface area contributed by atoms with Crippen molar-refractivity contribution < 1.29 is 23.1 Å². The molecule has 1 aliphatic rings. The first-order chi connectivity index (χ1) is 19.9. The molecule has 220 valence electrons. The number of anilines is 1. The van der Waals surface area contributed by atoms with Crippen LogP contribution in [-0.4, -0.2) is 30.1 Å². The summed E-state index contributed by atoms with van der Waals surface area (Å²) in [5.41, 5.74) is 1.19. The molecule has 0 bridgehead atoms. The zero-order valence-electron chi connectivity index (χ0n) is 24.4. The number of aryl methyl sites for hydroxylation is 1. The van der Waals surface area contributed by atoms with E-state index in [0.29, 0.717) is 18.4 Å². The molecule has 2 heterocycles. The number of esters is 1. The lowest BCUT2D eigenvalue weighted by Gasteiger charge is -2.41. The third-order valence-corrected chi connectivity index (χ3v) is 8.81. The van der Waals surface area contributed by atoms with Gasteiger partial charge in [0.1, 0.15) is 17.4 Å². The Hall–Kier alpha value is -4.16. The van der Waals surface area contributed by atoms with Crippen LogP contribution in [0.1, 0.15) is 76.0 Å². The van der Waals surface area contributed by atoms with E-state index in [1.807, 2.05) is 70.2 Å². The lowest BCUT2D eigenvalue weighted by Crippen LogP contribution is -2.43. The van der Waals surface area contributed by atoms with E-state index in [4.69, 9.17) is 10.00 Å². The van der Waals surface area contributed by atoms with Crippen molar-refractivity contribution in [3.63, 3.8) is 0 Å². The van der Waals surface area contributed by atoms with Crippen LogP contribution in [0.5, 0.6) is 0 Å². The lowest BCUT2D eigenvalue weighted by molar-refractivity contribution is -0.161. The van der Waals surface area contributed by atoms with Crippen LogP contribution >= 0.6 is 0 Å². The molecule has 0 fully saturated rings. The van der Waals surface area contributed by atoms with E-state index in [0.717, 1.165) is 18.4 Å². The monoisotopic (exact) mass is 587 g/mol. The number of nitrogens with one attached hydrogen (secondary N) is 1. The highest BCUT2D eigenvalue weighted by Gasteiger charge is 2.46. The van der Waals surface area contributed by atoms with Gasteiger partial charge >= 0.3 is 5.97 Å². The molecule has 2 atom stereocenters. The standard InChI is InChI=1S/C33H37N3O5S/c1-5-17-33(18-16-23-10-7-6-8-11-23)20-27(37)29(31(38)41-33)30(32(2,3)4)25-12-9-13-26(19-25)36-42(39,40)28-15-14-24(21-34)22-35-28/h6-15,19,22,30,36-37H,5,16-18,20H2,1-4H3/t30?,33-/m0/s1. The van der Waals surface area contributed by atoms with Gasteiger partial charge in [-0.15, -0.1) is 0 Å². The molecule has 3 aromatic rings. The topological polar surface area (TPSA) is 129 Å². The number of ether oxygens (including phenoxy) is 1. The summed E-state index contributed by atoms with van der Waals surface area (Å²) in [7, 11) is -4.04. The summed E-state index contributed by atoms with van der Waals surface area (Å²) < 4.78 is 34.7. The van der Waals surface area contributed by atoms with Gasteiger partial charge in [-0.25, -0.2) is 9.78 Å². The van der Waals surface area contributed by atoms with Crippen molar-refractivity contribution in [3.05, 3.63) is 101 Å². The van der Waals surface area contributed by atoms with E-state index in [9.17, 15) is 18.3 Å². The van der Waals surface area contributed by atoms with Crippen molar-refractivity contribution in [1.29, 1.82) is 5.26 Å². The molecule has 0 saturated carbocycles. The van der Waals surface area contributed by atoms with Crippen LogP contribution in [0.15, 0.2) is 89.3 Å². The molecule has 0 amide bonds. The van der Waals surface area contributed by atoms with Gasteiger partial charge < -0.3 is 9.84 Å². The Labute approximate surface area is 248 Å². The van der Waals surface area contributed by atoms with E-state index in [2.05, 4.69) is 9.71 Å². The quantitative estimate of drug-likeness (QED) is 0.249. The number of carbonyl (C=O) groups is 1. The zero-order valence-corrected chi connectivity index (χ0v) is 25.2. The van der Waals surface area contributed by atoms with Crippen LogP contribution in [0, 0.1) is 16.7 Å². The Kier molecular flexibility index (Phi) is 9.07. The molecule has 1 aliphatic heterocycles. The van der Waals surface area contributed by atoms with Crippen LogP contribution < -0.4 is 4.72 Å². The maximum Gasteiger partial charge on any atom is 0.338 e. The van der Waals surface area contributed by atoms with Gasteiger partial charge in [-0.3, -0.25) is 4.72 Å². The second-order valence-corrected chi connectivity index (χ2v) is 13.5. The molecular weight excluding hydrogens is 550 g/mol. The summed E-state index contributed by atoms with van der Waals surface area (Å²) in [5, 5.41) is 20.2. The van der Waals surface area contributed by atoms with Crippen LogP contribution in [0.25, 0.3) is 0 Å². The molecule has 0 radical (unpaired) electrons. The Morgan fingerprint density at radius 1 is 1.10 bits per heavy atom. The number of pyridine rings is 1. The number of benzene rings is 2. The number of aliphatic hydroxyl groups is 1. The molecule has 1 unspecified atom stereocenters. The molecular formula is C33H37N3O5S. The lowest BCUT2D eigenvalue weighted by atomic mass is 9.70. The number of cyclic esters (lactones) is 1. The molecule has 42 heavy (non-hydrogen) atoms. The first kappa shape index (κ1) is 30.8. The zero-order chi connectivity index (χ0) is 30.5. The number of hydrogen-bond acceptors (Lipinski definition) is 7. The molecule has 8 nitrogen and oxygen atoms in total. The first-order valence-corrected chi connectivity index (χ1v) is 15.5. The van der Waals surface area contributed by atoms with E-state index < -0.39 is 32.9 Å². The smallest absolute Gasteiger partial charge is 0.338 e. The summed E-state index contributed by atoms with van der Waals surface area (Å²) in [4.78, 5) is 17.6. The summed E-state index contributed by atoms with van der Waals surface area (Å²) in [6.07, 6.45) is 4.15. The van der Waals surface area contributed by atoms with Gasteiger partial charge in [0.25, 0.3) is 10.0 Å². The Morgan fingerprint density at radius 2 is 1.83 bits per heavy atom. The second-order valence-electron chi connectivity index (χ2n) is 11.9. The number of hydrogen-bond donors (Lipinski definition) is 2. The molecule has 9 heteroatoms. The van der Waals surface area contributed by atoms with E-state index in [1.54, 1.807) is 18.2 Å². The highest BCUT2D eigenvalue weighted by Crippen LogP contribution is 2.47. The minimum absolute atomic E-state index is 0.0143. The van der Waals surface area contributed by atoms with Gasteiger partial charge in [-0.05, 0) is 60.1 Å². The largest absolute Gasteiger partial charge is 0.512 e. The molecule has 0 spiro atoms. The maximum absolute atomic E-state index is 13.7. The molecule has 1 aromatic heterocycles. The number of aromatic nitrogens is 1. The fraction of sp³-hybridized carbons (Fsp3) is 0.364. The fourth-order valence-electron chi connectivity index (χ4n) is 5.66. The van der Waals surface area contributed by atoms with Gasteiger partial charge in [0, 0.05) is 24.2 Å². The SMILES string of the molecule is CCC[C@]1(CCc2ccccc2)CC(O)=C(C(c2cccc(NS(=O)(=O)c3ccc(C#N)cn3)c2)C(C)(C)C)C(=O)O1. The van der Waals surface area contributed by atoms with Gasteiger partial charge in [0.05, 0.1) is 11.1 Å². The van der Waals surface area contributed by atoms with E-state index >= 15 is 0 Å². The molecule has 2 aromatic carbocycles. The van der Waals surface area contributed by atoms with Crippen molar-refractivity contribution in [2.45, 2.75) is 76.3 Å². The Morgan fingerprint density at radius 3 is 2.43 bits per heavy atom. The van der Waals surface area contributed by atoms with Crippen LogP contribution in [0.2, 0.25) is 0 Å².